The predicted molar refractivity (Wildman–Crippen MR) is 80.0 cm³/mol. The lowest BCUT2D eigenvalue weighted by molar-refractivity contribution is 0.247. The second kappa shape index (κ2) is 5.07. The Balaban J connectivity index is 1.66. The van der Waals surface area contributed by atoms with Crippen LogP contribution in [0.2, 0.25) is 0 Å². The molecule has 2 atom stereocenters. The zero-order valence-electron chi connectivity index (χ0n) is 11.5. The van der Waals surface area contributed by atoms with Gasteiger partial charge in [0, 0.05) is 23.2 Å². The lowest BCUT2D eigenvalue weighted by atomic mass is 10.1. The van der Waals surface area contributed by atoms with Crippen LogP contribution in [0.25, 0.3) is 11.0 Å². The van der Waals surface area contributed by atoms with Crippen LogP contribution in [-0.2, 0) is 9.84 Å². The Morgan fingerprint density at radius 2 is 2.10 bits per heavy atom. The van der Waals surface area contributed by atoms with Gasteiger partial charge < -0.3 is 15.1 Å². The Morgan fingerprint density at radius 1 is 1.29 bits per heavy atom. The number of carbonyl (C=O) groups excluding carboxylic acids is 1. The van der Waals surface area contributed by atoms with Crippen molar-refractivity contribution in [3.63, 3.8) is 0 Å². The van der Waals surface area contributed by atoms with Crippen LogP contribution in [0, 0.1) is 5.92 Å². The van der Waals surface area contributed by atoms with Gasteiger partial charge in [0.05, 0.1) is 17.8 Å². The molecule has 112 valence electrons. The van der Waals surface area contributed by atoms with Crippen molar-refractivity contribution in [2.75, 3.05) is 16.8 Å². The van der Waals surface area contributed by atoms with Crippen LogP contribution in [0.15, 0.2) is 34.9 Å². The summed E-state index contributed by atoms with van der Waals surface area (Å²) in [6, 6.07) is 6.43. The van der Waals surface area contributed by atoms with Gasteiger partial charge in [0.2, 0.25) is 0 Å². The molecule has 1 fully saturated rings. The number of hydrogen-bond donors (Lipinski definition) is 2. The van der Waals surface area contributed by atoms with Crippen molar-refractivity contribution in [1.82, 2.24) is 5.32 Å². The highest BCUT2D eigenvalue weighted by Gasteiger charge is 2.35. The van der Waals surface area contributed by atoms with Crippen molar-refractivity contribution < 1.29 is 17.6 Å². The monoisotopic (exact) mass is 308 g/mol. The first-order valence-corrected chi connectivity index (χ1v) is 8.50. The van der Waals surface area contributed by atoms with E-state index in [4.69, 9.17) is 4.42 Å². The fourth-order valence-corrected chi connectivity index (χ4v) is 4.70. The van der Waals surface area contributed by atoms with E-state index in [1.54, 1.807) is 18.4 Å². The molecule has 2 heterocycles. The summed E-state index contributed by atoms with van der Waals surface area (Å²) in [6.45, 7) is 1.82. The van der Waals surface area contributed by atoms with Crippen LogP contribution < -0.4 is 10.6 Å². The molecular formula is C14H16N2O4S. The van der Waals surface area contributed by atoms with Crippen molar-refractivity contribution in [2.45, 2.75) is 13.0 Å². The molecule has 0 radical (unpaired) electrons. The Labute approximate surface area is 122 Å². The summed E-state index contributed by atoms with van der Waals surface area (Å²) in [5, 5.41) is 6.36. The van der Waals surface area contributed by atoms with Crippen molar-refractivity contribution in [3.05, 3.63) is 30.5 Å². The van der Waals surface area contributed by atoms with Gasteiger partial charge in [-0.25, -0.2) is 13.2 Å². The lowest BCUT2D eigenvalue weighted by Gasteiger charge is -2.16. The van der Waals surface area contributed by atoms with Gasteiger partial charge in [-0.15, -0.1) is 0 Å². The van der Waals surface area contributed by atoms with E-state index in [2.05, 4.69) is 10.6 Å². The van der Waals surface area contributed by atoms with E-state index in [-0.39, 0.29) is 23.5 Å². The molecule has 1 aliphatic heterocycles. The minimum Gasteiger partial charge on any atom is -0.464 e. The highest BCUT2D eigenvalue weighted by Crippen LogP contribution is 2.21. The van der Waals surface area contributed by atoms with Crippen molar-refractivity contribution >= 4 is 32.5 Å². The van der Waals surface area contributed by atoms with Crippen LogP contribution in [0.3, 0.4) is 0 Å². The van der Waals surface area contributed by atoms with Gasteiger partial charge in [0.15, 0.2) is 9.84 Å². The molecule has 0 saturated carbocycles. The van der Waals surface area contributed by atoms with E-state index in [1.807, 2.05) is 19.1 Å². The molecule has 6 nitrogen and oxygen atoms in total. The van der Waals surface area contributed by atoms with Gasteiger partial charge in [-0.2, -0.15) is 0 Å². The normalized spacial score (nSPS) is 24.0. The quantitative estimate of drug-likeness (QED) is 0.888. The molecule has 7 heteroatoms. The summed E-state index contributed by atoms with van der Waals surface area (Å²) in [5.74, 6) is 0.0445. The van der Waals surface area contributed by atoms with E-state index < -0.39 is 15.9 Å². The van der Waals surface area contributed by atoms with Gasteiger partial charge in [-0.3, -0.25) is 0 Å². The molecule has 0 spiro atoms. The first kappa shape index (κ1) is 13.9. The molecule has 0 aliphatic carbocycles. The fraction of sp³-hybridized carbons (Fsp3) is 0.357. The van der Waals surface area contributed by atoms with Gasteiger partial charge >= 0.3 is 6.03 Å². The molecule has 2 amide bonds. The second-order valence-electron chi connectivity index (χ2n) is 5.43. The SMILES string of the molecule is C[C@H]1CS(=O)(=O)C[C@H]1NC(=O)Nc1ccc2ccoc2c1. The van der Waals surface area contributed by atoms with E-state index >= 15 is 0 Å². The second-order valence-corrected chi connectivity index (χ2v) is 7.59. The molecule has 0 unspecified atom stereocenters. The highest BCUT2D eigenvalue weighted by atomic mass is 32.2. The smallest absolute Gasteiger partial charge is 0.319 e. The number of urea groups is 1. The zero-order chi connectivity index (χ0) is 15.0. The maximum Gasteiger partial charge on any atom is 0.319 e. The topological polar surface area (TPSA) is 88.4 Å². The highest BCUT2D eigenvalue weighted by molar-refractivity contribution is 7.91. The largest absolute Gasteiger partial charge is 0.464 e. The third-order valence-electron chi connectivity index (χ3n) is 3.67. The average molecular weight is 308 g/mol. The van der Waals surface area contributed by atoms with Gasteiger partial charge in [0.25, 0.3) is 0 Å². The predicted octanol–water partition coefficient (Wildman–Crippen LogP) is 1.99. The van der Waals surface area contributed by atoms with E-state index in [0.29, 0.717) is 11.3 Å². The van der Waals surface area contributed by atoms with Gasteiger partial charge in [-0.05, 0) is 24.1 Å². The molecule has 0 bridgehead atoms. The molecule has 1 saturated heterocycles. The number of fused-ring (bicyclic) bond motifs is 1. The standard InChI is InChI=1S/C14H16N2O4S/c1-9-7-21(18,19)8-12(9)16-14(17)15-11-3-2-10-4-5-20-13(10)6-11/h2-6,9,12H,7-8H2,1H3,(H2,15,16,17)/t9-,12+/m0/s1. The van der Waals surface area contributed by atoms with Crippen LogP contribution in [0.1, 0.15) is 6.92 Å². The summed E-state index contributed by atoms with van der Waals surface area (Å²) in [5.41, 5.74) is 1.29. The maximum absolute atomic E-state index is 12.0. The van der Waals surface area contributed by atoms with E-state index in [0.717, 1.165) is 5.39 Å². The average Bonchev–Trinajstić information content (AvgIpc) is 2.93. The summed E-state index contributed by atoms with van der Waals surface area (Å²) in [7, 11) is -3.04. The lowest BCUT2D eigenvalue weighted by Crippen LogP contribution is -2.41. The summed E-state index contributed by atoms with van der Waals surface area (Å²) in [4.78, 5) is 12.0. The Bertz CT molecular complexity index is 781. The number of hydrogen-bond acceptors (Lipinski definition) is 4. The molecule has 1 aromatic carbocycles. The minimum absolute atomic E-state index is 0.00118. The number of furan rings is 1. The zero-order valence-corrected chi connectivity index (χ0v) is 12.3. The third-order valence-corrected chi connectivity index (χ3v) is 5.57. The third kappa shape index (κ3) is 3.02. The number of anilines is 1. The number of sulfone groups is 1. The summed E-state index contributed by atoms with van der Waals surface area (Å²) >= 11 is 0. The fourth-order valence-electron chi connectivity index (χ4n) is 2.57. The van der Waals surface area contributed by atoms with E-state index in [9.17, 15) is 13.2 Å². The Kier molecular flexibility index (Phi) is 3.36. The Morgan fingerprint density at radius 3 is 2.81 bits per heavy atom. The summed E-state index contributed by atoms with van der Waals surface area (Å²) in [6.07, 6.45) is 1.58. The first-order chi connectivity index (χ1) is 9.93. The van der Waals surface area contributed by atoms with Crippen molar-refractivity contribution in [3.8, 4) is 0 Å². The van der Waals surface area contributed by atoms with Gasteiger partial charge in [0.1, 0.15) is 5.58 Å². The van der Waals surface area contributed by atoms with Crippen LogP contribution in [0.5, 0.6) is 0 Å². The minimum atomic E-state index is -3.04. The Hall–Kier alpha value is -2.02. The number of nitrogens with one attached hydrogen (secondary N) is 2. The van der Waals surface area contributed by atoms with Gasteiger partial charge in [-0.1, -0.05) is 6.92 Å². The number of rotatable bonds is 2. The van der Waals surface area contributed by atoms with Crippen molar-refractivity contribution in [1.29, 1.82) is 0 Å². The van der Waals surface area contributed by atoms with Crippen LogP contribution in [0.4, 0.5) is 10.5 Å². The number of amides is 2. The summed E-state index contributed by atoms with van der Waals surface area (Å²) < 4.78 is 28.3. The molecule has 21 heavy (non-hydrogen) atoms. The van der Waals surface area contributed by atoms with Crippen LogP contribution >= 0.6 is 0 Å². The molecule has 2 aromatic rings. The van der Waals surface area contributed by atoms with Crippen LogP contribution in [-0.4, -0.2) is 32.0 Å². The molecule has 1 aliphatic rings. The molecular weight excluding hydrogens is 292 g/mol. The number of carbonyl (C=O) groups is 1. The van der Waals surface area contributed by atoms with Crippen molar-refractivity contribution in [2.24, 2.45) is 5.92 Å². The maximum atomic E-state index is 12.0. The molecule has 3 rings (SSSR count). The van der Waals surface area contributed by atoms with E-state index in [1.165, 1.54) is 0 Å². The first-order valence-electron chi connectivity index (χ1n) is 6.68. The number of benzene rings is 1. The molecule has 1 aromatic heterocycles. The molecule has 2 N–H and O–H groups in total.